The molecule has 0 saturated heterocycles. The van der Waals surface area contributed by atoms with Gasteiger partial charge in [-0.25, -0.2) is 8.78 Å². The summed E-state index contributed by atoms with van der Waals surface area (Å²) in [6.07, 6.45) is 8.43. The predicted octanol–water partition coefficient (Wildman–Crippen LogP) is 6.16. The van der Waals surface area contributed by atoms with Gasteiger partial charge in [-0.2, -0.15) is 0 Å². The standard InChI is InChI=1S/C27H29F2NO2/c1-4-27(3)12-10-18(19-15-20-24(31)11-13-32-25(20)14-17(19)2)8-9-26(27)30-16-21-22(28)6-5-7-23(21)29/h5-10,14-15,26,30H,4,11-13,16H2,1-3H3. The van der Waals surface area contributed by atoms with Gasteiger partial charge in [-0.15, -0.1) is 0 Å². The Hall–Kier alpha value is -2.79. The lowest BCUT2D eigenvalue weighted by atomic mass is 9.77. The lowest BCUT2D eigenvalue weighted by Crippen LogP contribution is -2.41. The van der Waals surface area contributed by atoms with Gasteiger partial charge in [0.1, 0.15) is 17.4 Å². The van der Waals surface area contributed by atoms with E-state index in [1.54, 1.807) is 0 Å². The number of rotatable bonds is 5. The number of hydrogen-bond donors (Lipinski definition) is 1. The quantitative estimate of drug-likeness (QED) is 0.609. The summed E-state index contributed by atoms with van der Waals surface area (Å²) in [7, 11) is 0. The van der Waals surface area contributed by atoms with Crippen molar-refractivity contribution in [2.75, 3.05) is 6.61 Å². The molecule has 1 heterocycles. The third-order valence-corrected chi connectivity index (χ3v) is 6.90. The minimum absolute atomic E-state index is 0.0563. The fraction of sp³-hybridized carbons (Fsp3) is 0.370. The van der Waals surface area contributed by atoms with Gasteiger partial charge in [0.25, 0.3) is 0 Å². The third kappa shape index (κ3) is 4.26. The van der Waals surface area contributed by atoms with Crippen LogP contribution in [0.4, 0.5) is 8.78 Å². The van der Waals surface area contributed by atoms with Crippen LogP contribution >= 0.6 is 0 Å². The zero-order valence-electron chi connectivity index (χ0n) is 18.8. The van der Waals surface area contributed by atoms with Crippen LogP contribution in [0.25, 0.3) is 5.57 Å². The third-order valence-electron chi connectivity index (χ3n) is 6.90. The topological polar surface area (TPSA) is 38.3 Å². The van der Waals surface area contributed by atoms with Crippen LogP contribution in [0.5, 0.6) is 5.75 Å². The van der Waals surface area contributed by atoms with Crippen LogP contribution in [0.1, 0.15) is 60.2 Å². The van der Waals surface area contributed by atoms with Crippen LogP contribution in [-0.2, 0) is 6.54 Å². The molecule has 0 bridgehead atoms. The number of Topliss-reactive ketones (excluding diaryl/α,β-unsaturated/α-hetero) is 1. The second-order valence-electron chi connectivity index (χ2n) is 8.97. The number of aryl methyl sites for hydroxylation is 1. The van der Waals surface area contributed by atoms with Gasteiger partial charge in [0, 0.05) is 24.6 Å². The van der Waals surface area contributed by atoms with E-state index in [1.807, 2.05) is 19.1 Å². The lowest BCUT2D eigenvalue weighted by Gasteiger charge is -2.34. The molecule has 4 rings (SSSR count). The summed E-state index contributed by atoms with van der Waals surface area (Å²) >= 11 is 0. The van der Waals surface area contributed by atoms with Gasteiger partial charge in [0.2, 0.25) is 0 Å². The fourth-order valence-electron chi connectivity index (χ4n) is 4.48. The summed E-state index contributed by atoms with van der Waals surface area (Å²) in [5.41, 5.74) is 3.68. The van der Waals surface area contributed by atoms with Crippen LogP contribution in [0.2, 0.25) is 0 Å². The number of ketones is 1. The smallest absolute Gasteiger partial charge is 0.170 e. The maximum atomic E-state index is 14.1. The predicted molar refractivity (Wildman–Crippen MR) is 123 cm³/mol. The molecule has 0 fully saturated rings. The van der Waals surface area contributed by atoms with Crippen molar-refractivity contribution < 1.29 is 18.3 Å². The number of ether oxygens (including phenoxy) is 1. The van der Waals surface area contributed by atoms with Crippen LogP contribution < -0.4 is 10.1 Å². The molecule has 2 aromatic carbocycles. The van der Waals surface area contributed by atoms with Crippen LogP contribution in [0, 0.1) is 24.0 Å². The molecule has 168 valence electrons. The number of fused-ring (bicyclic) bond motifs is 1. The molecule has 3 nitrogen and oxygen atoms in total. The number of carbonyl (C=O) groups excluding carboxylic acids is 1. The van der Waals surface area contributed by atoms with Crippen molar-refractivity contribution in [1.29, 1.82) is 0 Å². The van der Waals surface area contributed by atoms with Gasteiger partial charge >= 0.3 is 0 Å². The van der Waals surface area contributed by atoms with Gasteiger partial charge in [-0.1, -0.05) is 38.1 Å². The van der Waals surface area contributed by atoms with Gasteiger partial charge in [0.05, 0.1) is 12.2 Å². The summed E-state index contributed by atoms with van der Waals surface area (Å²) < 4.78 is 33.9. The first-order valence-corrected chi connectivity index (χ1v) is 11.2. The summed E-state index contributed by atoms with van der Waals surface area (Å²) in [6.45, 7) is 6.88. The average Bonchev–Trinajstić information content (AvgIpc) is 2.93. The molecule has 1 aliphatic carbocycles. The highest BCUT2D eigenvalue weighted by Crippen LogP contribution is 2.38. The minimum Gasteiger partial charge on any atom is -0.492 e. The molecular weight excluding hydrogens is 408 g/mol. The molecule has 0 aromatic heterocycles. The molecular formula is C27H29F2NO2. The maximum Gasteiger partial charge on any atom is 0.170 e. The molecule has 0 amide bonds. The van der Waals surface area contributed by atoms with Crippen molar-refractivity contribution in [3.63, 3.8) is 0 Å². The van der Waals surface area contributed by atoms with E-state index < -0.39 is 11.6 Å². The molecule has 2 aliphatic rings. The molecule has 2 unspecified atom stereocenters. The SMILES string of the molecule is CCC1(C)CC=C(c2cc3c(cc2C)OCCC3=O)C=CC1NCc1c(F)cccc1F. The van der Waals surface area contributed by atoms with E-state index in [0.29, 0.717) is 24.3 Å². The minimum atomic E-state index is -0.538. The van der Waals surface area contributed by atoms with Gasteiger partial charge in [0.15, 0.2) is 5.78 Å². The number of benzene rings is 2. The summed E-state index contributed by atoms with van der Waals surface area (Å²) in [4.78, 5) is 12.4. The molecule has 0 spiro atoms. The highest BCUT2D eigenvalue weighted by atomic mass is 19.1. The lowest BCUT2D eigenvalue weighted by molar-refractivity contribution is 0.0933. The Bertz CT molecular complexity index is 1080. The van der Waals surface area contributed by atoms with Crippen LogP contribution in [0.3, 0.4) is 0 Å². The Balaban J connectivity index is 1.62. The van der Waals surface area contributed by atoms with E-state index in [1.165, 1.54) is 18.2 Å². The van der Waals surface area contributed by atoms with E-state index in [2.05, 4.69) is 37.4 Å². The summed E-state index contributed by atoms with van der Waals surface area (Å²) in [6, 6.07) is 7.76. The van der Waals surface area contributed by atoms with Gasteiger partial charge < -0.3 is 10.1 Å². The Kier molecular flexibility index (Phi) is 6.29. The van der Waals surface area contributed by atoms with Crippen molar-refractivity contribution in [3.05, 3.63) is 82.4 Å². The first-order chi connectivity index (χ1) is 15.3. The van der Waals surface area contributed by atoms with Crippen molar-refractivity contribution in [2.45, 2.75) is 52.6 Å². The monoisotopic (exact) mass is 437 g/mol. The number of allylic oxidation sites excluding steroid dienone is 3. The highest BCUT2D eigenvalue weighted by Gasteiger charge is 2.32. The largest absolute Gasteiger partial charge is 0.492 e. The Morgan fingerprint density at radius 3 is 2.66 bits per heavy atom. The first-order valence-electron chi connectivity index (χ1n) is 11.2. The second kappa shape index (κ2) is 8.99. The molecule has 2 atom stereocenters. The van der Waals surface area contributed by atoms with E-state index in [4.69, 9.17) is 4.74 Å². The first kappa shape index (κ1) is 22.4. The van der Waals surface area contributed by atoms with E-state index in [0.717, 1.165) is 29.5 Å². The number of hydrogen-bond acceptors (Lipinski definition) is 3. The molecule has 32 heavy (non-hydrogen) atoms. The van der Waals surface area contributed by atoms with Crippen molar-refractivity contribution >= 4 is 11.4 Å². The normalized spacial score (nSPS) is 22.7. The molecule has 5 heteroatoms. The number of carbonyl (C=O) groups is 1. The Morgan fingerprint density at radius 2 is 1.94 bits per heavy atom. The fourth-order valence-corrected chi connectivity index (χ4v) is 4.48. The van der Waals surface area contributed by atoms with Crippen LogP contribution in [0.15, 0.2) is 48.6 Å². The molecule has 2 aromatic rings. The van der Waals surface area contributed by atoms with Crippen molar-refractivity contribution in [1.82, 2.24) is 5.32 Å². The Morgan fingerprint density at radius 1 is 1.19 bits per heavy atom. The van der Waals surface area contributed by atoms with Gasteiger partial charge in [-0.3, -0.25) is 4.79 Å². The van der Waals surface area contributed by atoms with E-state index in [-0.39, 0.29) is 29.3 Å². The van der Waals surface area contributed by atoms with E-state index >= 15 is 0 Å². The summed E-state index contributed by atoms with van der Waals surface area (Å²) in [5, 5.41) is 3.37. The summed E-state index contributed by atoms with van der Waals surface area (Å²) in [5.74, 6) is -0.312. The Labute approximate surface area is 188 Å². The van der Waals surface area contributed by atoms with Crippen molar-refractivity contribution in [3.8, 4) is 5.75 Å². The molecule has 1 aliphatic heterocycles. The zero-order valence-corrected chi connectivity index (χ0v) is 18.8. The molecule has 0 radical (unpaired) electrons. The second-order valence-corrected chi connectivity index (χ2v) is 8.97. The zero-order chi connectivity index (χ0) is 22.9. The average molecular weight is 438 g/mol. The molecule has 1 N–H and O–H groups in total. The highest BCUT2D eigenvalue weighted by molar-refractivity contribution is 6.01. The van der Waals surface area contributed by atoms with Gasteiger partial charge in [-0.05, 0) is 66.1 Å². The van der Waals surface area contributed by atoms with E-state index in [9.17, 15) is 13.6 Å². The molecule has 0 saturated carbocycles. The number of nitrogens with one attached hydrogen (secondary N) is 1. The van der Waals surface area contributed by atoms with Crippen molar-refractivity contribution in [2.24, 2.45) is 5.41 Å². The number of halogens is 2. The maximum absolute atomic E-state index is 14.1. The van der Waals surface area contributed by atoms with Crippen LogP contribution in [-0.4, -0.2) is 18.4 Å².